The maximum absolute atomic E-state index is 12.2. The number of carbonyl (C=O) groups is 2. The maximum Gasteiger partial charge on any atom is 0.322 e. The van der Waals surface area contributed by atoms with Gasteiger partial charge in [0.25, 0.3) is 0 Å². The van der Waals surface area contributed by atoms with Gasteiger partial charge in [-0.1, -0.05) is 48.5 Å². The van der Waals surface area contributed by atoms with Gasteiger partial charge < -0.3 is 4.74 Å². The van der Waals surface area contributed by atoms with Gasteiger partial charge in [-0.2, -0.15) is 0 Å². The molecule has 1 fully saturated rings. The molecule has 3 nitrogen and oxygen atoms in total. The van der Waals surface area contributed by atoms with Crippen molar-refractivity contribution in [3.05, 3.63) is 59.7 Å². The molecule has 2 unspecified atom stereocenters. The number of rotatable bonds is 0. The normalized spacial score (nSPS) is 22.9. The Hall–Kier alpha value is -2.68. The molecule has 0 spiro atoms. The Kier molecular flexibility index (Phi) is 1.84. The first-order valence-electron chi connectivity index (χ1n) is 6.96. The molecule has 0 N–H and O–H groups in total. The molecule has 0 radical (unpaired) electrons. The van der Waals surface area contributed by atoms with Crippen LogP contribution in [0.2, 0.25) is 0 Å². The zero-order valence-corrected chi connectivity index (χ0v) is 11.0. The van der Waals surface area contributed by atoms with E-state index in [0.29, 0.717) is 0 Å². The van der Waals surface area contributed by atoms with Gasteiger partial charge in [0.15, 0.2) is 0 Å². The Balaban J connectivity index is 2.10. The van der Waals surface area contributed by atoms with Crippen LogP contribution in [0.1, 0.15) is 23.0 Å². The number of benzene rings is 3. The average Bonchev–Trinajstić information content (AvgIpc) is 2.83. The number of cyclic esters (lactones) is 2. The molecule has 1 saturated heterocycles. The molecule has 3 aromatic rings. The van der Waals surface area contributed by atoms with Crippen LogP contribution in [0.5, 0.6) is 0 Å². The SMILES string of the molecule is O=C1OC(=O)C2c3c4ccccc4c(c4ccccc34)C12. The second-order valence-electron chi connectivity index (χ2n) is 5.61. The van der Waals surface area contributed by atoms with Crippen molar-refractivity contribution in [2.75, 3.05) is 0 Å². The summed E-state index contributed by atoms with van der Waals surface area (Å²) in [5, 5.41) is 4.22. The Labute approximate surface area is 120 Å². The summed E-state index contributed by atoms with van der Waals surface area (Å²) >= 11 is 0. The molecule has 6 rings (SSSR count). The van der Waals surface area contributed by atoms with Gasteiger partial charge in [-0.3, -0.25) is 9.59 Å². The molecule has 0 saturated carbocycles. The smallest absolute Gasteiger partial charge is 0.322 e. The van der Waals surface area contributed by atoms with Crippen LogP contribution in [0, 0.1) is 0 Å². The highest BCUT2D eigenvalue weighted by Gasteiger charge is 2.51. The van der Waals surface area contributed by atoms with Gasteiger partial charge in [-0.05, 0) is 32.7 Å². The van der Waals surface area contributed by atoms with Crippen LogP contribution in [-0.4, -0.2) is 11.9 Å². The predicted octanol–water partition coefficient (Wildman–Crippen LogP) is 3.26. The topological polar surface area (TPSA) is 43.4 Å². The lowest BCUT2D eigenvalue weighted by molar-refractivity contribution is -0.152. The minimum absolute atomic E-state index is 0.415. The molecular formula is C18H10O3. The summed E-state index contributed by atoms with van der Waals surface area (Å²) in [6.07, 6.45) is 0. The average molecular weight is 274 g/mol. The highest BCUT2D eigenvalue weighted by molar-refractivity contribution is 6.18. The Bertz CT molecular complexity index is 836. The van der Waals surface area contributed by atoms with E-state index < -0.39 is 23.8 Å². The largest absolute Gasteiger partial charge is 0.392 e. The Morgan fingerprint density at radius 3 is 1.29 bits per heavy atom. The first-order valence-corrected chi connectivity index (χ1v) is 6.96. The Morgan fingerprint density at radius 2 is 0.952 bits per heavy atom. The van der Waals surface area contributed by atoms with Crippen molar-refractivity contribution >= 4 is 33.5 Å². The summed E-state index contributed by atoms with van der Waals surface area (Å²) in [4.78, 5) is 24.3. The van der Waals surface area contributed by atoms with Crippen LogP contribution in [0.25, 0.3) is 21.5 Å². The van der Waals surface area contributed by atoms with Crippen LogP contribution in [-0.2, 0) is 14.3 Å². The lowest BCUT2D eigenvalue weighted by Crippen LogP contribution is -2.21. The minimum atomic E-state index is -0.475. The molecule has 3 heteroatoms. The summed E-state index contributed by atoms with van der Waals surface area (Å²) in [6, 6.07) is 15.9. The van der Waals surface area contributed by atoms with Crippen molar-refractivity contribution in [2.45, 2.75) is 11.8 Å². The summed E-state index contributed by atoms with van der Waals surface area (Å²) < 4.78 is 4.93. The number of esters is 2. The third-order valence-electron chi connectivity index (χ3n) is 4.68. The van der Waals surface area contributed by atoms with E-state index in [9.17, 15) is 9.59 Å². The van der Waals surface area contributed by atoms with Gasteiger partial charge in [0, 0.05) is 0 Å². The van der Waals surface area contributed by atoms with E-state index in [4.69, 9.17) is 4.74 Å². The second kappa shape index (κ2) is 3.50. The standard InChI is InChI=1S/C18H10O3/c19-17-15-13-9-5-1-2-6-10(9)14(16(15)18(20)21-17)12-8-4-3-7-11(12)13/h1-8,15-16H. The molecule has 0 aromatic heterocycles. The number of hydrogen-bond acceptors (Lipinski definition) is 3. The van der Waals surface area contributed by atoms with E-state index in [1.54, 1.807) is 0 Å². The molecular weight excluding hydrogens is 264 g/mol. The van der Waals surface area contributed by atoms with Crippen LogP contribution in [0.15, 0.2) is 48.5 Å². The van der Waals surface area contributed by atoms with E-state index in [0.717, 1.165) is 32.7 Å². The molecule has 1 aliphatic heterocycles. The molecule has 2 atom stereocenters. The fourth-order valence-corrected chi connectivity index (χ4v) is 3.93. The number of hydrogen-bond donors (Lipinski definition) is 0. The number of ether oxygens (including phenoxy) is 1. The van der Waals surface area contributed by atoms with Crippen molar-refractivity contribution in [2.24, 2.45) is 0 Å². The van der Waals surface area contributed by atoms with Gasteiger partial charge in [-0.15, -0.1) is 0 Å². The molecule has 2 aliphatic carbocycles. The van der Waals surface area contributed by atoms with Crippen molar-refractivity contribution in [1.29, 1.82) is 0 Å². The van der Waals surface area contributed by atoms with Gasteiger partial charge >= 0.3 is 11.9 Å². The molecule has 2 bridgehead atoms. The summed E-state index contributed by atoms with van der Waals surface area (Å²) in [6.45, 7) is 0. The third kappa shape index (κ3) is 1.16. The monoisotopic (exact) mass is 274 g/mol. The highest BCUT2D eigenvalue weighted by atomic mass is 16.6. The molecule has 1 heterocycles. The molecule has 3 aromatic carbocycles. The fourth-order valence-electron chi connectivity index (χ4n) is 3.93. The van der Waals surface area contributed by atoms with Crippen LogP contribution < -0.4 is 0 Å². The van der Waals surface area contributed by atoms with E-state index in [1.165, 1.54) is 0 Å². The lowest BCUT2D eigenvalue weighted by Gasteiger charge is -2.29. The van der Waals surface area contributed by atoms with E-state index in [2.05, 4.69) is 0 Å². The second-order valence-corrected chi connectivity index (χ2v) is 5.61. The lowest BCUT2D eigenvalue weighted by atomic mass is 9.70. The minimum Gasteiger partial charge on any atom is -0.392 e. The van der Waals surface area contributed by atoms with Gasteiger partial charge in [-0.25, -0.2) is 0 Å². The number of carbonyl (C=O) groups excluding carboxylic acids is 2. The van der Waals surface area contributed by atoms with Crippen LogP contribution >= 0.6 is 0 Å². The van der Waals surface area contributed by atoms with Crippen LogP contribution in [0.3, 0.4) is 0 Å². The zero-order valence-electron chi connectivity index (χ0n) is 11.0. The van der Waals surface area contributed by atoms with Crippen molar-refractivity contribution in [3.63, 3.8) is 0 Å². The van der Waals surface area contributed by atoms with Crippen molar-refractivity contribution in [3.8, 4) is 0 Å². The summed E-state index contributed by atoms with van der Waals surface area (Å²) in [5.41, 5.74) is 1.88. The maximum atomic E-state index is 12.2. The van der Waals surface area contributed by atoms with Crippen molar-refractivity contribution < 1.29 is 14.3 Å². The molecule has 3 aliphatic rings. The van der Waals surface area contributed by atoms with E-state index >= 15 is 0 Å². The van der Waals surface area contributed by atoms with Gasteiger partial charge in [0.1, 0.15) is 11.8 Å². The fraction of sp³-hybridized carbons (Fsp3) is 0.111. The summed E-state index contributed by atoms with van der Waals surface area (Å²) in [5.74, 6) is -1.78. The molecule has 21 heavy (non-hydrogen) atoms. The van der Waals surface area contributed by atoms with Crippen LogP contribution in [0.4, 0.5) is 0 Å². The van der Waals surface area contributed by atoms with Gasteiger partial charge in [0.2, 0.25) is 0 Å². The van der Waals surface area contributed by atoms with E-state index in [-0.39, 0.29) is 0 Å². The zero-order chi connectivity index (χ0) is 14.1. The first kappa shape index (κ1) is 11.0. The third-order valence-corrected chi connectivity index (χ3v) is 4.68. The Morgan fingerprint density at radius 1 is 0.619 bits per heavy atom. The van der Waals surface area contributed by atoms with Gasteiger partial charge in [0.05, 0.1) is 0 Å². The summed E-state index contributed by atoms with van der Waals surface area (Å²) in [7, 11) is 0. The quantitative estimate of drug-likeness (QED) is 0.359. The molecule has 100 valence electrons. The van der Waals surface area contributed by atoms with Crippen molar-refractivity contribution in [1.82, 2.24) is 0 Å². The van der Waals surface area contributed by atoms with E-state index in [1.807, 2.05) is 48.5 Å². The first-order chi connectivity index (χ1) is 10.3. The highest BCUT2D eigenvalue weighted by Crippen LogP contribution is 2.54. The predicted molar refractivity (Wildman–Crippen MR) is 78.0 cm³/mol. The molecule has 0 amide bonds.